The highest BCUT2D eigenvalue weighted by atomic mass is 28.3. The van der Waals surface area contributed by atoms with Crippen LogP contribution in [0.5, 0.6) is 0 Å². The molecule has 4 heterocycles. The highest BCUT2D eigenvalue weighted by Gasteiger charge is 2.66. The summed E-state index contributed by atoms with van der Waals surface area (Å²) in [6.07, 6.45) is -26.3. The third-order valence-electron chi connectivity index (χ3n) is 10.6. The van der Waals surface area contributed by atoms with Crippen molar-refractivity contribution in [2.24, 2.45) is 0 Å². The summed E-state index contributed by atoms with van der Waals surface area (Å²) in [7, 11) is -1.60. The Hall–Kier alpha value is -3.93. The summed E-state index contributed by atoms with van der Waals surface area (Å²) in [5, 5.41) is 47.6. The lowest BCUT2D eigenvalue weighted by molar-refractivity contribution is -0.478. The van der Waals surface area contributed by atoms with E-state index in [4.69, 9.17) is 61.6 Å². The van der Waals surface area contributed by atoms with Gasteiger partial charge in [0.25, 0.3) is 0 Å². The first-order valence-corrected chi connectivity index (χ1v) is 24.9. The van der Waals surface area contributed by atoms with Crippen molar-refractivity contribution in [2.45, 2.75) is 185 Å². The van der Waals surface area contributed by atoms with Crippen molar-refractivity contribution in [3.8, 4) is 0 Å². The minimum Gasteiger partial charge on any atom is -0.463 e. The van der Waals surface area contributed by atoms with Crippen LogP contribution >= 0.6 is 0 Å². The molecule has 0 aliphatic carbocycles. The van der Waals surface area contributed by atoms with E-state index in [2.05, 4.69) is 25.0 Å². The Kier molecular flexibility index (Phi) is 19.4. The Labute approximate surface area is 381 Å². The van der Waals surface area contributed by atoms with Crippen molar-refractivity contribution in [2.75, 3.05) is 26.4 Å². The fourth-order valence-electron chi connectivity index (χ4n) is 7.84. The van der Waals surface area contributed by atoms with Crippen LogP contribution in [0, 0.1) is 0 Å². The Bertz CT molecular complexity index is 1730. The van der Waals surface area contributed by atoms with Crippen LogP contribution in [0.3, 0.4) is 0 Å². The van der Waals surface area contributed by atoms with Gasteiger partial charge in [-0.1, -0.05) is 19.6 Å². The summed E-state index contributed by atoms with van der Waals surface area (Å²) >= 11 is 0. The zero-order chi connectivity index (χ0) is 49.4. The maximum atomic E-state index is 12.7. The molecule has 4 aliphatic heterocycles. The molecule has 0 aromatic carbocycles. The number of amides is 1. The Morgan fingerprint density at radius 1 is 0.712 bits per heavy atom. The van der Waals surface area contributed by atoms with Gasteiger partial charge in [-0.25, -0.2) is 0 Å². The number of nitrogens with one attached hydrogen (secondary N) is 1. The molecule has 0 aromatic heterocycles. The van der Waals surface area contributed by atoms with Gasteiger partial charge in [0.05, 0.1) is 12.6 Å². The number of fused-ring (bicyclic) bond motifs is 1. The topological polar surface area (TPSA) is 332 Å². The average Bonchev–Trinajstić information content (AvgIpc) is 3.18. The lowest BCUT2D eigenvalue weighted by Gasteiger charge is -2.58. The molecule has 0 saturated carbocycles. The third-order valence-corrected chi connectivity index (χ3v) is 12.3. The van der Waals surface area contributed by atoms with Crippen molar-refractivity contribution in [1.82, 2.24) is 5.32 Å². The largest absolute Gasteiger partial charge is 0.463 e. The predicted octanol–water partition coefficient (Wildman–Crippen LogP) is -2.16. The van der Waals surface area contributed by atoms with Crippen LogP contribution < -0.4 is 5.32 Å². The molecular formula is C40H63NO24Si. The van der Waals surface area contributed by atoms with Gasteiger partial charge in [0.15, 0.2) is 30.9 Å². The molecule has 10 unspecified atom stereocenters. The van der Waals surface area contributed by atoms with Crippen molar-refractivity contribution < 1.29 is 116 Å². The van der Waals surface area contributed by atoms with Gasteiger partial charge in [-0.2, -0.15) is 0 Å². The van der Waals surface area contributed by atoms with E-state index in [9.17, 15) is 54.0 Å². The number of carbonyl (C=O) groups is 7. The normalized spacial score (nSPS) is 35.2. The Morgan fingerprint density at radius 2 is 1.33 bits per heavy atom. The number of ether oxygens (including phenoxy) is 13. The molecule has 4 saturated heterocycles. The van der Waals surface area contributed by atoms with Gasteiger partial charge in [0.2, 0.25) is 18.0 Å². The van der Waals surface area contributed by atoms with Gasteiger partial charge in [-0.15, -0.1) is 0 Å². The van der Waals surface area contributed by atoms with Crippen LogP contribution in [0.2, 0.25) is 25.7 Å². The highest BCUT2D eigenvalue weighted by molar-refractivity contribution is 6.76. The third kappa shape index (κ3) is 14.5. The number of aliphatic hydroxyl groups excluding tert-OH is 4. The Balaban J connectivity index is 1.84. The molecule has 26 heteroatoms. The minimum atomic E-state index is -2.59. The van der Waals surface area contributed by atoms with Crippen molar-refractivity contribution >= 4 is 49.8 Å². The van der Waals surface area contributed by atoms with E-state index >= 15 is 0 Å². The van der Waals surface area contributed by atoms with E-state index < -0.39 is 180 Å². The van der Waals surface area contributed by atoms with Crippen molar-refractivity contribution in [3.05, 3.63) is 0 Å². The first-order valence-electron chi connectivity index (χ1n) is 21.2. The summed E-state index contributed by atoms with van der Waals surface area (Å²) < 4.78 is 75.8. The first-order chi connectivity index (χ1) is 30.7. The van der Waals surface area contributed by atoms with Gasteiger partial charge < -0.3 is 87.3 Å². The molecular weight excluding hydrogens is 907 g/mol. The van der Waals surface area contributed by atoms with Crippen molar-refractivity contribution in [1.29, 1.82) is 0 Å². The average molecular weight is 970 g/mol. The minimum absolute atomic E-state index is 0.175. The molecule has 0 aromatic rings. The number of rotatable bonds is 18. The van der Waals surface area contributed by atoms with E-state index in [1.54, 1.807) is 0 Å². The van der Waals surface area contributed by atoms with E-state index in [0.717, 1.165) is 48.5 Å². The molecule has 4 fully saturated rings. The SMILES string of the molecule is CC(=O)NC1C(OC(C)=O)CC2(OC3C(OC(C)=O)C(COC(C)=O)OC(O[C@H]4[C@H](O)[C@@H](O)[C@H](OCC[Si](C)(C)C)O[C@@H]4CO)C3OC2O)OC1[C@@H](OC(C)=O)[C@H](COC(C)=O)OC(C)=O. The van der Waals surface area contributed by atoms with Gasteiger partial charge in [0.1, 0.15) is 68.1 Å². The maximum Gasteiger partial charge on any atom is 0.303 e. The second-order valence-electron chi connectivity index (χ2n) is 17.4. The van der Waals surface area contributed by atoms with E-state index in [1.807, 2.05) is 0 Å². The number of hydrogen-bond acceptors (Lipinski definition) is 24. The van der Waals surface area contributed by atoms with Crippen LogP contribution in [0.25, 0.3) is 0 Å². The van der Waals surface area contributed by atoms with E-state index in [-0.39, 0.29) is 6.61 Å². The highest BCUT2D eigenvalue weighted by Crippen LogP contribution is 2.46. The van der Waals surface area contributed by atoms with Gasteiger partial charge in [-0.05, 0) is 6.04 Å². The molecule has 66 heavy (non-hydrogen) atoms. The predicted molar refractivity (Wildman–Crippen MR) is 216 cm³/mol. The van der Waals surface area contributed by atoms with E-state index in [0.29, 0.717) is 6.04 Å². The number of carbonyl (C=O) groups excluding carboxylic acids is 7. The zero-order valence-corrected chi connectivity index (χ0v) is 39.4. The standard InChI is InChI=1S/C40H63NO24Si/c1-17(43)41-28-24(56-20(4)46)13-40(64-34(28)32(58-22(6)48)26(57-21(5)47)15-54-18(2)44)39(52)63-36-35(65-40)33(59-23(7)49)27(16-55-19(3)45)61-38(36)62-31-25(14-42)60-37(30(51)29(31)50)53-11-12-66(8,9)10/h24-39,42,50-52H,11-16H2,1-10H3,(H,41,43)/t24?,25-,26+,27?,28?,29-,30-,31-,32+,33?,34?,35?,36?,37-,38?,39?,40?/m1/s1. The lowest BCUT2D eigenvalue weighted by atomic mass is 9.86. The second kappa shape index (κ2) is 23.4. The van der Waals surface area contributed by atoms with Crippen LogP contribution in [-0.2, 0) is 95.1 Å². The molecule has 4 rings (SSSR count). The summed E-state index contributed by atoms with van der Waals surface area (Å²) in [5.41, 5.74) is 0. The molecule has 376 valence electrons. The summed E-state index contributed by atoms with van der Waals surface area (Å²) in [6, 6.07) is -0.826. The molecule has 0 radical (unpaired) electrons. The maximum absolute atomic E-state index is 12.7. The summed E-state index contributed by atoms with van der Waals surface area (Å²) in [6.45, 7) is 11.6. The number of esters is 6. The Morgan fingerprint density at radius 3 is 1.88 bits per heavy atom. The fraction of sp³-hybridized carbons (Fsp3) is 0.825. The summed E-state index contributed by atoms with van der Waals surface area (Å²) in [4.78, 5) is 87.4. The first kappa shape index (κ1) is 54.7. The molecule has 25 nitrogen and oxygen atoms in total. The van der Waals surface area contributed by atoms with Crippen LogP contribution in [0.1, 0.15) is 54.9 Å². The van der Waals surface area contributed by atoms with Crippen molar-refractivity contribution in [3.63, 3.8) is 0 Å². The number of hydrogen-bond donors (Lipinski definition) is 5. The van der Waals surface area contributed by atoms with Gasteiger partial charge in [0, 0.05) is 69.6 Å². The fourth-order valence-corrected chi connectivity index (χ4v) is 8.57. The van der Waals surface area contributed by atoms with E-state index in [1.165, 1.54) is 0 Å². The van der Waals surface area contributed by atoms with Crippen LogP contribution in [-0.4, -0.2) is 201 Å². The summed E-state index contributed by atoms with van der Waals surface area (Å²) in [5.74, 6) is -8.77. The lowest BCUT2D eigenvalue weighted by Crippen LogP contribution is -2.76. The molecule has 1 amide bonds. The molecule has 5 N–H and O–H groups in total. The monoisotopic (exact) mass is 969 g/mol. The molecule has 1 spiro atoms. The molecule has 0 bridgehead atoms. The zero-order valence-electron chi connectivity index (χ0n) is 38.4. The number of aliphatic hydroxyl groups is 4. The van der Waals surface area contributed by atoms with Crippen LogP contribution in [0.15, 0.2) is 0 Å². The second-order valence-corrected chi connectivity index (χ2v) is 23.1. The quantitative estimate of drug-likeness (QED) is 0.0555. The van der Waals surface area contributed by atoms with Gasteiger partial charge >= 0.3 is 35.8 Å². The molecule has 4 aliphatic rings. The molecule has 17 atom stereocenters. The van der Waals surface area contributed by atoms with Gasteiger partial charge in [-0.3, -0.25) is 33.6 Å². The van der Waals surface area contributed by atoms with Crippen LogP contribution in [0.4, 0.5) is 0 Å². The smallest absolute Gasteiger partial charge is 0.303 e.